The van der Waals surface area contributed by atoms with E-state index < -0.39 is 4.92 Å². The first-order chi connectivity index (χ1) is 17.5. The van der Waals surface area contributed by atoms with Gasteiger partial charge in [0, 0.05) is 28.9 Å². The lowest BCUT2D eigenvalue weighted by atomic mass is 10.0. The van der Waals surface area contributed by atoms with E-state index in [1.807, 2.05) is 60.7 Å². The molecule has 0 radical (unpaired) electrons. The van der Waals surface area contributed by atoms with Crippen LogP contribution in [0.3, 0.4) is 0 Å². The Bertz CT molecular complexity index is 1570. The number of halogens is 1. The minimum atomic E-state index is -0.508. The second kappa shape index (κ2) is 10.5. The molecule has 0 saturated carbocycles. The number of nitro benzene ring substituents is 1. The molecule has 4 aromatic carbocycles. The van der Waals surface area contributed by atoms with Gasteiger partial charge in [0.1, 0.15) is 5.75 Å². The van der Waals surface area contributed by atoms with Gasteiger partial charge in [-0.05, 0) is 47.5 Å². The summed E-state index contributed by atoms with van der Waals surface area (Å²) in [6, 6.07) is 27.6. The molecule has 0 fully saturated rings. The molecule has 0 aliphatic rings. The van der Waals surface area contributed by atoms with Gasteiger partial charge in [-0.1, -0.05) is 65.8 Å². The lowest BCUT2D eigenvalue weighted by Crippen LogP contribution is -1.96. The number of fused-ring (bicyclic) bond motifs is 1. The molecule has 0 bridgehead atoms. The average molecular weight is 532 g/mol. The Balaban J connectivity index is 1.42. The van der Waals surface area contributed by atoms with Crippen molar-refractivity contribution in [2.75, 3.05) is 0 Å². The Morgan fingerprint density at radius 3 is 2.50 bits per heavy atom. The van der Waals surface area contributed by atoms with Crippen molar-refractivity contribution in [3.05, 3.63) is 123 Å². The Kier molecular flexibility index (Phi) is 6.99. The number of nitrogens with zero attached hydrogens (tertiary/aromatic N) is 3. The van der Waals surface area contributed by atoms with Crippen LogP contribution in [0.2, 0.25) is 5.02 Å². The maximum atomic E-state index is 11.0. The number of nitro groups is 1. The van der Waals surface area contributed by atoms with Gasteiger partial charge in [0.25, 0.3) is 5.69 Å². The summed E-state index contributed by atoms with van der Waals surface area (Å²) >= 11 is 9.37. The summed E-state index contributed by atoms with van der Waals surface area (Å²) in [4.78, 5) is 19.7. The summed E-state index contributed by atoms with van der Waals surface area (Å²) in [5.74, 6) is -0.0731. The monoisotopic (exact) mass is 531 g/mol. The van der Waals surface area contributed by atoms with E-state index in [1.165, 1.54) is 30.0 Å². The quantitative estimate of drug-likeness (QED) is 0.0989. The number of benzene rings is 4. The van der Waals surface area contributed by atoms with Crippen molar-refractivity contribution in [2.45, 2.75) is 9.59 Å². The minimum Gasteiger partial charge on any atom is -0.507 e. The van der Waals surface area contributed by atoms with Crippen molar-refractivity contribution in [3.8, 4) is 5.75 Å². The van der Waals surface area contributed by atoms with Crippen molar-refractivity contribution in [2.24, 2.45) is 4.99 Å². The molecule has 1 N–H and O–H groups in total. The number of hydrogen-bond acceptors (Lipinski definition) is 7. The normalized spacial score (nSPS) is 12.2. The number of aliphatic imine (C=N–C) groups is 1. The Hall–Kier alpha value is -3.72. The molecular formula is C27H18ClN3O3S2. The zero-order chi connectivity index (χ0) is 25.1. The molecule has 0 saturated heterocycles. The lowest BCUT2D eigenvalue weighted by molar-refractivity contribution is -0.384. The van der Waals surface area contributed by atoms with Crippen molar-refractivity contribution in [3.63, 3.8) is 0 Å². The van der Waals surface area contributed by atoms with Crippen LogP contribution < -0.4 is 0 Å². The zero-order valence-electron chi connectivity index (χ0n) is 18.6. The largest absolute Gasteiger partial charge is 0.507 e. The number of rotatable bonds is 7. The van der Waals surface area contributed by atoms with E-state index in [9.17, 15) is 15.2 Å². The van der Waals surface area contributed by atoms with Gasteiger partial charge >= 0.3 is 0 Å². The number of thioether (sulfide) groups is 1. The highest BCUT2D eigenvalue weighted by molar-refractivity contribution is 8.01. The molecular weight excluding hydrogens is 514 g/mol. The van der Waals surface area contributed by atoms with Crippen LogP contribution in [0, 0.1) is 10.1 Å². The van der Waals surface area contributed by atoms with Gasteiger partial charge < -0.3 is 5.11 Å². The molecule has 1 aromatic heterocycles. The second-order valence-electron chi connectivity index (χ2n) is 7.85. The lowest BCUT2D eigenvalue weighted by Gasteiger charge is -2.16. The summed E-state index contributed by atoms with van der Waals surface area (Å²) in [6.45, 7) is 0. The first kappa shape index (κ1) is 24.0. The van der Waals surface area contributed by atoms with Gasteiger partial charge in [0.2, 0.25) is 0 Å². The number of thiazole rings is 1. The highest BCUT2D eigenvalue weighted by Gasteiger charge is 2.18. The van der Waals surface area contributed by atoms with Crippen molar-refractivity contribution < 1.29 is 10.0 Å². The van der Waals surface area contributed by atoms with Crippen LogP contribution in [0.4, 0.5) is 11.4 Å². The van der Waals surface area contributed by atoms with Crippen LogP contribution >= 0.6 is 34.7 Å². The topological polar surface area (TPSA) is 88.6 Å². The van der Waals surface area contributed by atoms with Gasteiger partial charge in [0.05, 0.1) is 26.1 Å². The Morgan fingerprint density at radius 2 is 1.75 bits per heavy atom. The van der Waals surface area contributed by atoms with Gasteiger partial charge in [0.15, 0.2) is 4.34 Å². The molecule has 0 aliphatic heterocycles. The highest BCUT2D eigenvalue weighted by atomic mass is 35.5. The van der Waals surface area contributed by atoms with E-state index >= 15 is 0 Å². The molecule has 1 unspecified atom stereocenters. The first-order valence-electron chi connectivity index (χ1n) is 10.9. The molecule has 178 valence electrons. The van der Waals surface area contributed by atoms with Gasteiger partial charge in [-0.25, -0.2) is 4.98 Å². The highest BCUT2D eigenvalue weighted by Crippen LogP contribution is 2.43. The van der Waals surface area contributed by atoms with Crippen LogP contribution in [0.15, 0.2) is 100 Å². The molecule has 0 spiro atoms. The molecule has 1 atom stereocenters. The van der Waals surface area contributed by atoms with E-state index in [0.29, 0.717) is 10.7 Å². The number of phenolic OH excluding ortho intramolecular Hbond substituents is 1. The number of phenols is 1. The number of non-ortho nitro benzene ring substituents is 1. The van der Waals surface area contributed by atoms with Crippen LogP contribution in [-0.2, 0) is 0 Å². The Morgan fingerprint density at radius 1 is 1.00 bits per heavy atom. The van der Waals surface area contributed by atoms with E-state index in [-0.39, 0.29) is 22.3 Å². The third kappa shape index (κ3) is 5.41. The third-order valence-corrected chi connectivity index (χ3v) is 8.10. The number of hydrogen-bond donors (Lipinski definition) is 1. The predicted octanol–water partition coefficient (Wildman–Crippen LogP) is 8.20. The Labute approximate surface area is 220 Å². The summed E-state index contributed by atoms with van der Waals surface area (Å²) in [7, 11) is 0. The van der Waals surface area contributed by atoms with Crippen LogP contribution in [0.1, 0.15) is 21.9 Å². The van der Waals surface area contributed by atoms with Gasteiger partial charge in [-0.15, -0.1) is 11.3 Å². The summed E-state index contributed by atoms with van der Waals surface area (Å²) in [6.07, 6.45) is 1.42. The first-order valence-corrected chi connectivity index (χ1v) is 12.9. The maximum absolute atomic E-state index is 11.0. The molecule has 5 aromatic rings. The molecule has 36 heavy (non-hydrogen) atoms. The smallest absolute Gasteiger partial charge is 0.270 e. The average Bonchev–Trinajstić information content (AvgIpc) is 3.29. The van der Waals surface area contributed by atoms with E-state index in [4.69, 9.17) is 16.6 Å². The second-order valence-corrected chi connectivity index (χ2v) is 10.7. The molecule has 5 rings (SSSR count). The SMILES string of the molecule is O=[N+]([O-])c1ccc(O)c(C=Nc2ccc3nc(SC(c4ccccc4)c4ccc(Cl)cc4)sc3c2)c1. The predicted molar refractivity (Wildman–Crippen MR) is 147 cm³/mol. The summed E-state index contributed by atoms with van der Waals surface area (Å²) in [5, 5.41) is 21.8. The maximum Gasteiger partial charge on any atom is 0.270 e. The third-order valence-electron chi connectivity index (χ3n) is 5.42. The van der Waals surface area contributed by atoms with Gasteiger partial charge in [-0.2, -0.15) is 0 Å². The summed E-state index contributed by atoms with van der Waals surface area (Å²) < 4.78 is 1.89. The number of aromatic nitrogens is 1. The van der Waals surface area contributed by atoms with E-state index in [2.05, 4.69) is 17.1 Å². The van der Waals surface area contributed by atoms with Crippen LogP contribution in [0.5, 0.6) is 5.75 Å². The standard InChI is InChI=1S/C27H18ClN3O3S2/c28-20-8-6-18(7-9-20)26(17-4-2-1-3-5-17)36-27-30-23-12-10-21(15-25(23)35-27)29-16-19-14-22(31(33)34)11-13-24(19)32/h1-16,26,32H. The summed E-state index contributed by atoms with van der Waals surface area (Å²) in [5.41, 5.74) is 4.00. The fraction of sp³-hybridized carbons (Fsp3) is 0.0370. The zero-order valence-corrected chi connectivity index (χ0v) is 21.0. The fourth-order valence-corrected chi connectivity index (χ4v) is 6.17. The van der Waals surface area contributed by atoms with Crippen molar-refractivity contribution >= 4 is 62.5 Å². The van der Waals surface area contributed by atoms with Gasteiger partial charge in [-0.3, -0.25) is 15.1 Å². The molecule has 1 heterocycles. The van der Waals surface area contributed by atoms with Crippen molar-refractivity contribution in [1.82, 2.24) is 4.98 Å². The number of aromatic hydroxyl groups is 1. The van der Waals surface area contributed by atoms with Crippen molar-refractivity contribution in [1.29, 1.82) is 0 Å². The minimum absolute atomic E-state index is 0.0540. The molecule has 0 aliphatic carbocycles. The van der Waals surface area contributed by atoms with Crippen LogP contribution in [0.25, 0.3) is 10.2 Å². The van der Waals surface area contributed by atoms with Crippen LogP contribution in [-0.4, -0.2) is 21.2 Å². The molecule has 6 nitrogen and oxygen atoms in total. The fourth-order valence-electron chi connectivity index (χ4n) is 3.62. The van der Waals surface area contributed by atoms with E-state index in [0.717, 1.165) is 20.1 Å². The molecule has 9 heteroatoms. The van der Waals surface area contributed by atoms with E-state index in [1.54, 1.807) is 23.1 Å². The molecule has 0 amide bonds.